The Balaban J connectivity index is 2.11. The number of nitrogens with one attached hydrogen (secondary N) is 1. The van der Waals surface area contributed by atoms with Crippen LogP contribution in [0.15, 0.2) is 41.1 Å². The molecule has 0 atom stereocenters. The van der Waals surface area contributed by atoms with Crippen molar-refractivity contribution in [2.24, 2.45) is 0 Å². The summed E-state index contributed by atoms with van der Waals surface area (Å²) in [6.45, 7) is 2.92. The fraction of sp³-hybridized carbons (Fsp3) is 0.188. The Morgan fingerprint density at radius 2 is 2.20 bits per heavy atom. The number of aromatic nitrogens is 1. The molecule has 0 spiro atoms. The molecule has 0 fully saturated rings. The quantitative estimate of drug-likeness (QED) is 0.847. The predicted octanol–water partition coefficient (Wildman–Crippen LogP) is 3.78. The zero-order valence-electron chi connectivity index (χ0n) is 11.2. The van der Waals surface area contributed by atoms with Gasteiger partial charge in [-0.3, -0.25) is 4.98 Å². The number of aryl methyl sites for hydroxylation is 1. The Labute approximate surface area is 127 Å². The second-order valence-electron chi connectivity index (χ2n) is 4.35. The van der Waals surface area contributed by atoms with E-state index in [1.54, 1.807) is 6.20 Å². The number of hydrogen-bond donors (Lipinski definition) is 1. The van der Waals surface area contributed by atoms with Crippen molar-refractivity contribution < 1.29 is 4.74 Å². The Hall–Kier alpha value is -1.99. The topological polar surface area (TPSA) is 34.1 Å². The Morgan fingerprint density at radius 1 is 1.35 bits per heavy atom. The number of terminal acetylenes is 1. The lowest BCUT2D eigenvalue weighted by atomic mass is 10.2. The fourth-order valence-corrected chi connectivity index (χ4v) is 2.20. The standard InChI is InChI=1S/C16H15BrN2O/c1-3-6-20-16-5-4-14(17)8-13(16)10-19-15-7-12(2)9-18-11-15/h1,4-5,7-9,11,19H,6,10H2,2H3. The van der Waals surface area contributed by atoms with E-state index in [1.165, 1.54) is 0 Å². The van der Waals surface area contributed by atoms with Crippen molar-refractivity contribution in [3.8, 4) is 18.1 Å². The van der Waals surface area contributed by atoms with E-state index < -0.39 is 0 Å². The molecule has 1 aromatic carbocycles. The van der Waals surface area contributed by atoms with E-state index in [1.807, 2.05) is 37.4 Å². The Kier molecular flexibility index (Phi) is 5.03. The molecule has 20 heavy (non-hydrogen) atoms. The molecule has 0 radical (unpaired) electrons. The van der Waals surface area contributed by atoms with Gasteiger partial charge in [-0.25, -0.2) is 0 Å². The van der Waals surface area contributed by atoms with Gasteiger partial charge in [0.2, 0.25) is 0 Å². The molecule has 0 amide bonds. The van der Waals surface area contributed by atoms with Crippen LogP contribution < -0.4 is 10.1 Å². The van der Waals surface area contributed by atoms with E-state index in [-0.39, 0.29) is 6.61 Å². The summed E-state index contributed by atoms with van der Waals surface area (Å²) in [6.07, 6.45) is 8.85. The van der Waals surface area contributed by atoms with Crippen LogP contribution in [0.3, 0.4) is 0 Å². The average Bonchev–Trinajstić information content (AvgIpc) is 2.44. The van der Waals surface area contributed by atoms with Crippen LogP contribution >= 0.6 is 15.9 Å². The summed E-state index contributed by atoms with van der Waals surface area (Å²) in [7, 11) is 0. The van der Waals surface area contributed by atoms with Crippen LogP contribution in [0.5, 0.6) is 5.75 Å². The molecule has 4 heteroatoms. The van der Waals surface area contributed by atoms with E-state index >= 15 is 0 Å². The maximum atomic E-state index is 5.54. The maximum absolute atomic E-state index is 5.54. The molecule has 1 aromatic heterocycles. The van der Waals surface area contributed by atoms with Gasteiger partial charge in [-0.05, 0) is 36.8 Å². The first kappa shape index (κ1) is 14.4. The molecule has 0 unspecified atom stereocenters. The van der Waals surface area contributed by atoms with Crippen molar-refractivity contribution >= 4 is 21.6 Å². The van der Waals surface area contributed by atoms with Gasteiger partial charge >= 0.3 is 0 Å². The first-order chi connectivity index (χ1) is 9.69. The van der Waals surface area contributed by atoms with Gasteiger partial charge < -0.3 is 10.1 Å². The molecule has 1 heterocycles. The number of anilines is 1. The minimum atomic E-state index is 0.265. The van der Waals surface area contributed by atoms with E-state index in [4.69, 9.17) is 11.2 Å². The second-order valence-corrected chi connectivity index (χ2v) is 5.27. The summed E-state index contributed by atoms with van der Waals surface area (Å²) < 4.78 is 6.55. The van der Waals surface area contributed by atoms with Gasteiger partial charge in [0.15, 0.2) is 0 Å². The number of halogens is 1. The van der Waals surface area contributed by atoms with Crippen molar-refractivity contribution in [2.45, 2.75) is 13.5 Å². The molecular formula is C16H15BrN2O. The summed E-state index contributed by atoms with van der Waals surface area (Å²) in [5, 5.41) is 3.33. The molecule has 2 aromatic rings. The summed E-state index contributed by atoms with van der Waals surface area (Å²) >= 11 is 3.47. The van der Waals surface area contributed by atoms with Gasteiger partial charge in [0.1, 0.15) is 12.4 Å². The molecule has 102 valence electrons. The van der Waals surface area contributed by atoms with Gasteiger partial charge in [0.05, 0.1) is 5.69 Å². The van der Waals surface area contributed by atoms with E-state index in [2.05, 4.69) is 32.2 Å². The minimum Gasteiger partial charge on any atom is -0.481 e. The van der Waals surface area contributed by atoms with Crippen LogP contribution in [0.25, 0.3) is 0 Å². The predicted molar refractivity (Wildman–Crippen MR) is 84.8 cm³/mol. The zero-order valence-corrected chi connectivity index (χ0v) is 12.8. The summed E-state index contributed by atoms with van der Waals surface area (Å²) in [5.74, 6) is 3.27. The number of rotatable bonds is 5. The van der Waals surface area contributed by atoms with Gasteiger partial charge in [0.25, 0.3) is 0 Å². The van der Waals surface area contributed by atoms with Gasteiger partial charge in [-0.15, -0.1) is 6.42 Å². The molecule has 0 saturated heterocycles. The summed E-state index contributed by atoms with van der Waals surface area (Å²) in [5.41, 5.74) is 3.14. The number of nitrogens with zero attached hydrogens (tertiary/aromatic N) is 1. The van der Waals surface area contributed by atoms with Crippen LogP contribution in [0.4, 0.5) is 5.69 Å². The van der Waals surface area contributed by atoms with E-state index in [0.29, 0.717) is 6.54 Å². The maximum Gasteiger partial charge on any atom is 0.148 e. The van der Waals surface area contributed by atoms with Crippen molar-refractivity contribution in [3.05, 3.63) is 52.3 Å². The molecule has 0 aliphatic heterocycles. The van der Waals surface area contributed by atoms with Crippen molar-refractivity contribution in [1.29, 1.82) is 0 Å². The third-order valence-corrected chi connectivity index (χ3v) is 3.18. The second kappa shape index (κ2) is 6.97. The molecule has 0 saturated carbocycles. The highest BCUT2D eigenvalue weighted by molar-refractivity contribution is 9.10. The first-order valence-electron chi connectivity index (χ1n) is 6.19. The molecular weight excluding hydrogens is 316 g/mol. The highest BCUT2D eigenvalue weighted by Gasteiger charge is 2.05. The number of hydrogen-bond acceptors (Lipinski definition) is 3. The third kappa shape index (κ3) is 4.01. The van der Waals surface area contributed by atoms with Crippen LogP contribution in [0.2, 0.25) is 0 Å². The average molecular weight is 331 g/mol. The van der Waals surface area contributed by atoms with Gasteiger partial charge in [-0.2, -0.15) is 0 Å². The zero-order chi connectivity index (χ0) is 14.4. The van der Waals surface area contributed by atoms with Crippen LogP contribution in [0.1, 0.15) is 11.1 Å². The lowest BCUT2D eigenvalue weighted by molar-refractivity contribution is 0.366. The van der Waals surface area contributed by atoms with Crippen molar-refractivity contribution in [2.75, 3.05) is 11.9 Å². The number of benzene rings is 1. The first-order valence-corrected chi connectivity index (χ1v) is 6.98. The smallest absolute Gasteiger partial charge is 0.148 e. The normalized spacial score (nSPS) is 9.85. The SMILES string of the molecule is C#CCOc1ccc(Br)cc1CNc1cncc(C)c1. The van der Waals surface area contributed by atoms with Crippen LogP contribution in [0, 0.1) is 19.3 Å². The largest absolute Gasteiger partial charge is 0.481 e. The molecule has 2 rings (SSSR count). The van der Waals surface area contributed by atoms with Crippen molar-refractivity contribution in [1.82, 2.24) is 4.98 Å². The molecule has 0 aliphatic rings. The molecule has 3 nitrogen and oxygen atoms in total. The lowest BCUT2D eigenvalue weighted by Crippen LogP contribution is -2.04. The summed E-state index contributed by atoms with van der Waals surface area (Å²) in [6, 6.07) is 7.91. The van der Waals surface area contributed by atoms with E-state index in [0.717, 1.165) is 27.0 Å². The minimum absolute atomic E-state index is 0.265. The lowest BCUT2D eigenvalue weighted by Gasteiger charge is -2.12. The third-order valence-electron chi connectivity index (χ3n) is 2.69. The van der Waals surface area contributed by atoms with Gasteiger partial charge in [0, 0.05) is 29.0 Å². The van der Waals surface area contributed by atoms with Gasteiger partial charge in [-0.1, -0.05) is 21.9 Å². The Morgan fingerprint density at radius 3 is 2.95 bits per heavy atom. The number of ether oxygens (including phenoxy) is 1. The molecule has 1 N–H and O–H groups in total. The monoisotopic (exact) mass is 330 g/mol. The molecule has 0 bridgehead atoms. The number of pyridine rings is 1. The highest BCUT2D eigenvalue weighted by Crippen LogP contribution is 2.24. The van der Waals surface area contributed by atoms with E-state index in [9.17, 15) is 0 Å². The summed E-state index contributed by atoms with van der Waals surface area (Å²) in [4.78, 5) is 4.16. The Bertz CT molecular complexity index is 635. The fourth-order valence-electron chi connectivity index (χ4n) is 1.80. The highest BCUT2D eigenvalue weighted by atomic mass is 79.9. The van der Waals surface area contributed by atoms with Crippen LogP contribution in [-0.2, 0) is 6.54 Å². The van der Waals surface area contributed by atoms with Crippen LogP contribution in [-0.4, -0.2) is 11.6 Å². The molecule has 0 aliphatic carbocycles. The van der Waals surface area contributed by atoms with Crippen molar-refractivity contribution in [3.63, 3.8) is 0 Å².